The van der Waals surface area contributed by atoms with Gasteiger partial charge in [-0.05, 0) is 117 Å². The largest absolute Gasteiger partial charge is 0.278 e. The van der Waals surface area contributed by atoms with Gasteiger partial charge < -0.3 is 0 Å². The molecule has 2 aliphatic rings. The molecule has 418 valence electrons. The fourth-order valence-electron chi connectivity index (χ4n) is 13.5. The Kier molecular flexibility index (Phi) is 11.7. The van der Waals surface area contributed by atoms with Crippen molar-refractivity contribution in [1.82, 2.24) is 29.9 Å². The van der Waals surface area contributed by atoms with Crippen LogP contribution in [-0.4, -0.2) is 29.9 Å². The summed E-state index contributed by atoms with van der Waals surface area (Å²) in [5, 5.41) is 6.46. The first-order valence-corrected chi connectivity index (χ1v) is 30.3. The predicted molar refractivity (Wildman–Crippen MR) is 369 cm³/mol. The lowest BCUT2D eigenvalue weighted by atomic mass is 9.91. The minimum absolute atomic E-state index is 0.564. The summed E-state index contributed by atoms with van der Waals surface area (Å²) in [4.78, 5) is 37.4. The third-order valence-electron chi connectivity index (χ3n) is 17.7. The van der Waals surface area contributed by atoms with Crippen molar-refractivity contribution in [3.63, 3.8) is 0 Å². The molecule has 0 amide bonds. The third kappa shape index (κ3) is 8.45. The maximum Gasteiger partial charge on any atom is 0.235 e. The first-order valence-electron chi connectivity index (χ1n) is 30.3. The van der Waals surface area contributed by atoms with Crippen molar-refractivity contribution < 1.29 is 0 Å². The SMILES string of the molecule is c1ccc(-c2ccc(-c3cc(-c4ccccc4)nc(N4c5ccccc5-c5nc6ccc(-c7cc(-c8ccccc8)cc(-c8cc(-c9ccccc9)nc(N9c%10ccccc%10-c%10nc%11ccccc%11c%11cccc9c%10%11)n8)c7)cc6c6cccc4c56)n3)cc2)cc1. The standard InChI is InChI=1S/C82H50N8/c1-5-21-51(22-6-1)53-39-41-56(42-40-53)71-49-69(54-25-9-3-10-26-54)85-81(87-71)90-74-36-18-15-31-65(74)80-78-63(33-20-38-76(78)90)66-48-57(43-44-68(66)84-80)59-45-58(52-23-7-2-8-24-52)46-60(47-59)72-50-70(55-27-11-4-12-28-55)86-82(88-72)89-73-35-17-14-30-64(73)79-77-62(32-19-37-75(77)89)61-29-13-16-34-67(61)83-79/h1-50H. The van der Waals surface area contributed by atoms with E-state index < -0.39 is 0 Å². The minimum atomic E-state index is 0.564. The van der Waals surface area contributed by atoms with Gasteiger partial charge in [-0.3, -0.25) is 9.80 Å². The fourth-order valence-corrected chi connectivity index (χ4v) is 13.5. The quantitative estimate of drug-likeness (QED) is 0.132. The number of rotatable bonds is 9. The van der Waals surface area contributed by atoms with Gasteiger partial charge in [0, 0.05) is 54.9 Å². The predicted octanol–water partition coefficient (Wildman–Crippen LogP) is 21.2. The molecular formula is C82H50N8. The van der Waals surface area contributed by atoms with Crippen LogP contribution in [0.1, 0.15) is 0 Å². The van der Waals surface area contributed by atoms with Crippen molar-refractivity contribution in [2.75, 3.05) is 9.80 Å². The molecule has 2 aliphatic heterocycles. The molecule has 0 aliphatic carbocycles. The van der Waals surface area contributed by atoms with Gasteiger partial charge in [0.15, 0.2) is 0 Å². The van der Waals surface area contributed by atoms with Crippen LogP contribution in [0, 0.1) is 0 Å². The summed E-state index contributed by atoms with van der Waals surface area (Å²) >= 11 is 0. The Hall–Kier alpha value is -12.3. The first kappa shape index (κ1) is 51.0. The van der Waals surface area contributed by atoms with Gasteiger partial charge in [0.2, 0.25) is 11.9 Å². The Morgan fingerprint density at radius 2 is 0.556 bits per heavy atom. The number of fused-ring (bicyclic) bond motifs is 8. The summed E-state index contributed by atoms with van der Waals surface area (Å²) in [5.41, 5.74) is 23.4. The van der Waals surface area contributed by atoms with E-state index in [2.05, 4.69) is 295 Å². The Morgan fingerprint density at radius 1 is 0.200 bits per heavy atom. The van der Waals surface area contributed by atoms with Crippen molar-refractivity contribution in [3.8, 4) is 101 Å². The van der Waals surface area contributed by atoms with Crippen LogP contribution in [0.3, 0.4) is 0 Å². The molecule has 0 unspecified atom stereocenters. The van der Waals surface area contributed by atoms with Crippen LogP contribution < -0.4 is 9.80 Å². The molecule has 4 aromatic heterocycles. The lowest BCUT2D eigenvalue weighted by Gasteiger charge is -2.32. The third-order valence-corrected chi connectivity index (χ3v) is 17.7. The fraction of sp³-hybridized carbons (Fsp3) is 0. The van der Waals surface area contributed by atoms with Gasteiger partial charge in [-0.2, -0.15) is 0 Å². The highest BCUT2D eigenvalue weighted by Crippen LogP contribution is 2.53. The monoisotopic (exact) mass is 1150 g/mol. The Morgan fingerprint density at radius 3 is 1.10 bits per heavy atom. The second-order valence-corrected chi connectivity index (χ2v) is 23.0. The maximum absolute atomic E-state index is 5.65. The molecule has 0 saturated carbocycles. The average Bonchev–Trinajstić information content (AvgIpc) is 0.753. The number of para-hydroxylation sites is 3. The Labute approximate surface area is 519 Å². The highest BCUT2D eigenvalue weighted by atomic mass is 15.3. The lowest BCUT2D eigenvalue weighted by molar-refractivity contribution is 1.09. The molecule has 0 saturated heterocycles. The molecule has 90 heavy (non-hydrogen) atoms. The molecule has 6 heterocycles. The summed E-state index contributed by atoms with van der Waals surface area (Å²) in [5.74, 6) is 1.14. The summed E-state index contributed by atoms with van der Waals surface area (Å²) in [6.45, 7) is 0. The highest BCUT2D eigenvalue weighted by Gasteiger charge is 2.32. The van der Waals surface area contributed by atoms with Crippen LogP contribution in [0.5, 0.6) is 0 Å². The molecule has 18 rings (SSSR count). The van der Waals surface area contributed by atoms with Gasteiger partial charge in [0.25, 0.3) is 0 Å². The van der Waals surface area contributed by atoms with Gasteiger partial charge in [0.05, 0.1) is 67.9 Å². The van der Waals surface area contributed by atoms with Crippen LogP contribution >= 0.6 is 0 Å². The average molecular weight is 1150 g/mol. The molecule has 0 N–H and O–H groups in total. The van der Waals surface area contributed by atoms with Gasteiger partial charge in [0.1, 0.15) is 0 Å². The zero-order valence-corrected chi connectivity index (χ0v) is 48.4. The van der Waals surface area contributed by atoms with Crippen LogP contribution in [0.25, 0.3) is 144 Å². The second-order valence-electron chi connectivity index (χ2n) is 23.0. The van der Waals surface area contributed by atoms with Crippen molar-refractivity contribution in [3.05, 3.63) is 303 Å². The topological polar surface area (TPSA) is 83.8 Å². The molecule has 0 fully saturated rings. The van der Waals surface area contributed by atoms with Gasteiger partial charge in [-0.15, -0.1) is 0 Å². The van der Waals surface area contributed by atoms with E-state index in [0.29, 0.717) is 11.9 Å². The first-order chi connectivity index (χ1) is 44.6. The van der Waals surface area contributed by atoms with Crippen LogP contribution in [-0.2, 0) is 0 Å². The van der Waals surface area contributed by atoms with Crippen LogP contribution in [0.15, 0.2) is 303 Å². The van der Waals surface area contributed by atoms with E-state index in [-0.39, 0.29) is 0 Å². The summed E-state index contributed by atoms with van der Waals surface area (Å²) in [6.07, 6.45) is 0. The molecule has 0 atom stereocenters. The number of benzene rings is 12. The van der Waals surface area contributed by atoms with E-state index in [4.69, 9.17) is 29.9 Å². The number of aromatic nitrogens is 6. The Balaban J connectivity index is 0.810. The zero-order chi connectivity index (χ0) is 59.2. The highest BCUT2D eigenvalue weighted by molar-refractivity contribution is 6.21. The normalized spacial score (nSPS) is 12.2. The van der Waals surface area contributed by atoms with Crippen LogP contribution in [0.2, 0.25) is 0 Å². The molecule has 0 bridgehead atoms. The number of pyridine rings is 2. The van der Waals surface area contributed by atoms with Crippen LogP contribution in [0.4, 0.5) is 34.6 Å². The molecule has 16 aromatic rings. The molecule has 8 heteroatoms. The maximum atomic E-state index is 5.65. The molecule has 0 spiro atoms. The van der Waals surface area contributed by atoms with E-state index >= 15 is 0 Å². The minimum Gasteiger partial charge on any atom is -0.278 e. The number of hydrogen-bond donors (Lipinski definition) is 0. The van der Waals surface area contributed by atoms with E-state index in [1.807, 2.05) is 18.2 Å². The number of hydrogen-bond acceptors (Lipinski definition) is 8. The van der Waals surface area contributed by atoms with Crippen molar-refractivity contribution in [2.24, 2.45) is 0 Å². The number of anilines is 6. The van der Waals surface area contributed by atoms with Gasteiger partial charge in [-0.1, -0.05) is 231 Å². The van der Waals surface area contributed by atoms with Crippen molar-refractivity contribution in [2.45, 2.75) is 0 Å². The van der Waals surface area contributed by atoms with Crippen molar-refractivity contribution >= 4 is 78.0 Å². The summed E-state index contributed by atoms with van der Waals surface area (Å²) in [6, 6.07) is 107. The van der Waals surface area contributed by atoms with E-state index in [0.717, 1.165) is 161 Å². The van der Waals surface area contributed by atoms with E-state index in [1.54, 1.807) is 0 Å². The number of nitrogens with zero attached hydrogens (tertiary/aromatic N) is 8. The van der Waals surface area contributed by atoms with Gasteiger partial charge >= 0.3 is 0 Å². The molecular weight excluding hydrogens is 1100 g/mol. The lowest BCUT2D eigenvalue weighted by Crippen LogP contribution is -2.18. The van der Waals surface area contributed by atoms with E-state index in [9.17, 15) is 0 Å². The summed E-state index contributed by atoms with van der Waals surface area (Å²) in [7, 11) is 0. The zero-order valence-electron chi connectivity index (χ0n) is 48.4. The van der Waals surface area contributed by atoms with Gasteiger partial charge in [-0.25, -0.2) is 29.9 Å². The van der Waals surface area contributed by atoms with E-state index in [1.165, 1.54) is 5.56 Å². The second kappa shape index (κ2) is 20.7. The van der Waals surface area contributed by atoms with Crippen molar-refractivity contribution in [1.29, 1.82) is 0 Å². The molecule has 0 radical (unpaired) electrons. The Bertz CT molecular complexity index is 5540. The smallest absolute Gasteiger partial charge is 0.235 e. The molecule has 12 aromatic carbocycles. The molecule has 8 nitrogen and oxygen atoms in total. The summed E-state index contributed by atoms with van der Waals surface area (Å²) < 4.78 is 0.